The van der Waals surface area contributed by atoms with Gasteiger partial charge in [-0.15, -0.1) is 0 Å². The van der Waals surface area contributed by atoms with Crippen LogP contribution in [0.15, 0.2) is 18.2 Å². The van der Waals surface area contributed by atoms with E-state index >= 15 is 0 Å². The van der Waals surface area contributed by atoms with Gasteiger partial charge in [0.15, 0.2) is 11.6 Å². The summed E-state index contributed by atoms with van der Waals surface area (Å²) in [4.78, 5) is 0. The summed E-state index contributed by atoms with van der Waals surface area (Å²) in [7, 11) is 1.45. The number of unbranched alkanes of at least 4 members (excludes halogenated alkanes) is 2. The van der Waals surface area contributed by atoms with Crippen molar-refractivity contribution in [1.29, 1.82) is 0 Å². The Kier molecular flexibility index (Phi) is 5.60. The lowest BCUT2D eigenvalue weighted by Crippen LogP contribution is -2.27. The highest BCUT2D eigenvalue weighted by atomic mass is 19.1. The number of ether oxygens (including phenoxy) is 1. The molecule has 0 fully saturated rings. The Morgan fingerprint density at radius 1 is 1.33 bits per heavy atom. The van der Waals surface area contributed by atoms with Crippen LogP contribution in [0.1, 0.15) is 45.1 Å². The van der Waals surface area contributed by atoms with E-state index in [4.69, 9.17) is 4.74 Å². The molecular formula is C15H23FO2. The van der Waals surface area contributed by atoms with Gasteiger partial charge < -0.3 is 9.84 Å². The lowest BCUT2D eigenvalue weighted by atomic mass is 9.90. The van der Waals surface area contributed by atoms with Crippen LogP contribution < -0.4 is 4.74 Å². The van der Waals surface area contributed by atoms with Gasteiger partial charge in [0, 0.05) is 6.42 Å². The van der Waals surface area contributed by atoms with Crippen molar-refractivity contribution in [3.63, 3.8) is 0 Å². The van der Waals surface area contributed by atoms with E-state index < -0.39 is 5.60 Å². The minimum atomic E-state index is -0.859. The van der Waals surface area contributed by atoms with Gasteiger partial charge in [-0.05, 0) is 25.0 Å². The molecule has 0 aliphatic heterocycles. The molecule has 0 saturated heterocycles. The molecule has 102 valence electrons. The third-order valence-corrected chi connectivity index (χ3v) is 3.15. The first-order chi connectivity index (χ1) is 8.50. The standard InChI is InChI=1S/C15H23FO2/c1-4-5-6-10-15(2,17)11-12-8-7-9-13(18-3)14(12)16/h7-9,17H,4-6,10-11H2,1-3H3. The topological polar surface area (TPSA) is 29.5 Å². The first kappa shape index (κ1) is 15.0. The molecule has 0 amide bonds. The molecular weight excluding hydrogens is 231 g/mol. The van der Waals surface area contributed by atoms with Crippen LogP contribution in [0.25, 0.3) is 0 Å². The summed E-state index contributed by atoms with van der Waals surface area (Å²) in [5, 5.41) is 10.3. The first-order valence-corrected chi connectivity index (χ1v) is 6.54. The zero-order chi connectivity index (χ0) is 13.6. The third-order valence-electron chi connectivity index (χ3n) is 3.15. The normalized spacial score (nSPS) is 14.3. The number of halogens is 1. The molecule has 2 nitrogen and oxygen atoms in total. The van der Waals surface area contributed by atoms with Crippen molar-refractivity contribution in [2.24, 2.45) is 0 Å². The van der Waals surface area contributed by atoms with Crippen molar-refractivity contribution in [1.82, 2.24) is 0 Å². The number of hydrogen-bond acceptors (Lipinski definition) is 2. The molecule has 0 radical (unpaired) electrons. The highest BCUT2D eigenvalue weighted by molar-refractivity contribution is 5.31. The van der Waals surface area contributed by atoms with Gasteiger partial charge in [-0.2, -0.15) is 0 Å². The molecule has 1 aromatic rings. The largest absolute Gasteiger partial charge is 0.494 e. The van der Waals surface area contributed by atoms with Crippen LogP contribution in [0.4, 0.5) is 4.39 Å². The fourth-order valence-corrected chi connectivity index (χ4v) is 2.10. The molecule has 0 heterocycles. The zero-order valence-corrected chi connectivity index (χ0v) is 11.5. The molecule has 1 unspecified atom stereocenters. The molecule has 0 aliphatic rings. The third kappa shape index (κ3) is 4.30. The fourth-order valence-electron chi connectivity index (χ4n) is 2.10. The van der Waals surface area contributed by atoms with E-state index in [-0.39, 0.29) is 11.6 Å². The fraction of sp³-hybridized carbons (Fsp3) is 0.600. The molecule has 1 aromatic carbocycles. The average Bonchev–Trinajstić information content (AvgIpc) is 2.32. The maximum Gasteiger partial charge on any atom is 0.168 e. The van der Waals surface area contributed by atoms with Gasteiger partial charge >= 0.3 is 0 Å². The molecule has 0 spiro atoms. The Morgan fingerprint density at radius 3 is 2.67 bits per heavy atom. The van der Waals surface area contributed by atoms with E-state index in [2.05, 4.69) is 6.92 Å². The zero-order valence-electron chi connectivity index (χ0n) is 11.5. The van der Waals surface area contributed by atoms with Gasteiger partial charge in [-0.3, -0.25) is 0 Å². The summed E-state index contributed by atoms with van der Waals surface area (Å²) < 4.78 is 18.9. The van der Waals surface area contributed by atoms with Gasteiger partial charge in [0.2, 0.25) is 0 Å². The molecule has 1 N–H and O–H groups in total. The van der Waals surface area contributed by atoms with E-state index in [0.717, 1.165) is 19.3 Å². The van der Waals surface area contributed by atoms with E-state index in [1.165, 1.54) is 7.11 Å². The molecule has 0 aromatic heterocycles. The summed E-state index contributed by atoms with van der Waals surface area (Å²) in [5.74, 6) is -0.132. The highest BCUT2D eigenvalue weighted by Gasteiger charge is 2.23. The van der Waals surface area contributed by atoms with Crippen molar-refractivity contribution in [2.75, 3.05) is 7.11 Å². The highest BCUT2D eigenvalue weighted by Crippen LogP contribution is 2.26. The van der Waals surface area contributed by atoms with Crippen molar-refractivity contribution >= 4 is 0 Å². The number of methoxy groups -OCH3 is 1. The lowest BCUT2D eigenvalue weighted by molar-refractivity contribution is 0.0476. The Balaban J connectivity index is 2.71. The smallest absolute Gasteiger partial charge is 0.168 e. The molecule has 0 bridgehead atoms. The second-order valence-electron chi connectivity index (χ2n) is 5.06. The molecule has 18 heavy (non-hydrogen) atoms. The summed E-state index contributed by atoms with van der Waals surface area (Å²) >= 11 is 0. The van der Waals surface area contributed by atoms with Crippen LogP contribution in [0.5, 0.6) is 5.75 Å². The number of rotatable bonds is 7. The van der Waals surface area contributed by atoms with Gasteiger partial charge in [-0.25, -0.2) is 4.39 Å². The first-order valence-electron chi connectivity index (χ1n) is 6.54. The van der Waals surface area contributed by atoms with Gasteiger partial charge in [0.1, 0.15) is 0 Å². The predicted octanol–water partition coefficient (Wildman–Crippen LogP) is 3.71. The van der Waals surface area contributed by atoms with Crippen molar-refractivity contribution < 1.29 is 14.2 Å². The minimum absolute atomic E-state index is 0.233. The van der Waals surface area contributed by atoms with Crippen LogP contribution in [-0.2, 0) is 6.42 Å². The quantitative estimate of drug-likeness (QED) is 0.752. The van der Waals surface area contributed by atoms with E-state index in [1.807, 2.05) is 0 Å². The summed E-state index contributed by atoms with van der Waals surface area (Å²) in [5.41, 5.74) is -0.349. The average molecular weight is 254 g/mol. The number of benzene rings is 1. The maximum atomic E-state index is 14.0. The summed E-state index contributed by atoms with van der Waals surface area (Å²) in [6.07, 6.45) is 4.19. The van der Waals surface area contributed by atoms with Crippen LogP contribution in [0.2, 0.25) is 0 Å². The molecule has 3 heteroatoms. The van der Waals surface area contributed by atoms with Gasteiger partial charge in [0.25, 0.3) is 0 Å². The summed E-state index contributed by atoms with van der Waals surface area (Å²) in [6, 6.07) is 5.04. The molecule has 1 rings (SSSR count). The van der Waals surface area contributed by atoms with Gasteiger partial charge in [0.05, 0.1) is 12.7 Å². The summed E-state index contributed by atoms with van der Waals surface area (Å²) in [6.45, 7) is 3.89. The number of aliphatic hydroxyl groups is 1. The van der Waals surface area contributed by atoms with E-state index in [0.29, 0.717) is 18.4 Å². The van der Waals surface area contributed by atoms with Crippen molar-refractivity contribution in [2.45, 2.75) is 51.6 Å². The van der Waals surface area contributed by atoms with Crippen LogP contribution in [0, 0.1) is 5.82 Å². The van der Waals surface area contributed by atoms with E-state index in [1.54, 1.807) is 25.1 Å². The Labute approximate surface area is 109 Å². The maximum absolute atomic E-state index is 14.0. The monoisotopic (exact) mass is 254 g/mol. The van der Waals surface area contributed by atoms with Crippen LogP contribution in [-0.4, -0.2) is 17.8 Å². The SMILES string of the molecule is CCCCCC(C)(O)Cc1cccc(OC)c1F. The Bertz CT molecular complexity index is 375. The predicted molar refractivity (Wildman–Crippen MR) is 71.4 cm³/mol. The van der Waals surface area contributed by atoms with Gasteiger partial charge in [-0.1, -0.05) is 38.3 Å². The van der Waals surface area contributed by atoms with Crippen molar-refractivity contribution in [3.8, 4) is 5.75 Å². The lowest BCUT2D eigenvalue weighted by Gasteiger charge is -2.23. The Morgan fingerprint density at radius 2 is 2.06 bits per heavy atom. The molecule has 0 saturated carbocycles. The Hall–Kier alpha value is -1.09. The van der Waals surface area contributed by atoms with Crippen LogP contribution in [0.3, 0.4) is 0 Å². The van der Waals surface area contributed by atoms with E-state index in [9.17, 15) is 9.50 Å². The second kappa shape index (κ2) is 6.74. The van der Waals surface area contributed by atoms with Crippen LogP contribution >= 0.6 is 0 Å². The molecule has 1 atom stereocenters. The number of hydrogen-bond donors (Lipinski definition) is 1. The van der Waals surface area contributed by atoms with Crippen molar-refractivity contribution in [3.05, 3.63) is 29.6 Å². The minimum Gasteiger partial charge on any atom is -0.494 e. The second-order valence-corrected chi connectivity index (χ2v) is 5.06. The molecule has 0 aliphatic carbocycles.